The molecule has 0 saturated carbocycles. The molecule has 41 heavy (non-hydrogen) atoms. The normalized spacial score (nSPS) is 16.5. The minimum atomic E-state index is -5.08. The lowest BCUT2D eigenvalue weighted by Crippen LogP contribution is -2.21. The Bertz CT molecular complexity index is 1440. The van der Waals surface area contributed by atoms with Crippen LogP contribution in [0.5, 0.6) is 0 Å². The number of carbonyl (C=O) groups is 2. The maximum atomic E-state index is 13.0. The van der Waals surface area contributed by atoms with Crippen LogP contribution in [-0.4, -0.2) is 64.0 Å². The average molecular weight is 586 g/mol. The number of alkyl halides is 6. The number of ether oxygens (including phenoxy) is 2. The Morgan fingerprint density at radius 3 is 2.32 bits per heavy atom. The predicted octanol–water partition coefficient (Wildman–Crippen LogP) is 5.33. The van der Waals surface area contributed by atoms with Gasteiger partial charge in [0.05, 0.1) is 24.6 Å². The molecule has 0 spiro atoms. The van der Waals surface area contributed by atoms with Crippen molar-refractivity contribution in [1.29, 1.82) is 0 Å². The minimum absolute atomic E-state index is 0.289. The van der Waals surface area contributed by atoms with E-state index >= 15 is 0 Å². The van der Waals surface area contributed by atoms with E-state index in [1.807, 2.05) is 16.7 Å². The standard InChI is InChI=1S/C24H23F3N4O3.C2HF3O2/c25-24(26,27)21-3-1-2-19(29-21)23(32)28-17-12-18(15-4-8-33-9-5-15)22-30-20(14-31(22)13-17)16-6-10-34-11-7-16;3-2(4,5)1(6)7/h1-4,12-14,16H,5-11H2,(H,28,32);(H,6,7). The van der Waals surface area contributed by atoms with Crippen LogP contribution in [0.25, 0.3) is 11.2 Å². The zero-order chi connectivity index (χ0) is 29.8. The zero-order valence-corrected chi connectivity index (χ0v) is 21.3. The van der Waals surface area contributed by atoms with Crippen molar-refractivity contribution in [3.8, 4) is 0 Å². The Balaban J connectivity index is 0.000000493. The maximum Gasteiger partial charge on any atom is 0.490 e. The van der Waals surface area contributed by atoms with Crippen molar-refractivity contribution >= 4 is 28.8 Å². The number of carboxylic acids is 1. The first-order valence-corrected chi connectivity index (χ1v) is 12.4. The molecular weight excluding hydrogens is 562 g/mol. The third-order valence-electron chi connectivity index (χ3n) is 6.29. The van der Waals surface area contributed by atoms with E-state index in [9.17, 15) is 31.1 Å². The number of anilines is 1. The van der Waals surface area contributed by atoms with E-state index in [-0.39, 0.29) is 11.6 Å². The summed E-state index contributed by atoms with van der Waals surface area (Å²) in [7, 11) is 0. The van der Waals surface area contributed by atoms with E-state index in [4.69, 9.17) is 24.4 Å². The number of amides is 1. The Morgan fingerprint density at radius 2 is 1.71 bits per heavy atom. The van der Waals surface area contributed by atoms with Gasteiger partial charge in [-0.15, -0.1) is 0 Å². The van der Waals surface area contributed by atoms with Gasteiger partial charge in [0.15, 0.2) is 0 Å². The fourth-order valence-electron chi connectivity index (χ4n) is 4.30. The first-order chi connectivity index (χ1) is 19.3. The second-order valence-corrected chi connectivity index (χ2v) is 9.14. The number of carbonyl (C=O) groups excluding carboxylic acids is 1. The molecule has 1 saturated heterocycles. The van der Waals surface area contributed by atoms with Crippen molar-refractivity contribution in [3.63, 3.8) is 0 Å². The summed E-state index contributed by atoms with van der Waals surface area (Å²) in [5, 5.41) is 9.83. The van der Waals surface area contributed by atoms with Crippen molar-refractivity contribution in [2.75, 3.05) is 31.7 Å². The Morgan fingerprint density at radius 1 is 1.00 bits per heavy atom. The monoisotopic (exact) mass is 586 g/mol. The van der Waals surface area contributed by atoms with Crippen molar-refractivity contribution in [2.45, 2.75) is 37.5 Å². The Hall–Kier alpha value is -3.98. The largest absolute Gasteiger partial charge is 0.490 e. The number of hydrogen-bond acceptors (Lipinski definition) is 6. The summed E-state index contributed by atoms with van der Waals surface area (Å²) in [6, 6.07) is 5.06. The van der Waals surface area contributed by atoms with Gasteiger partial charge in [-0.2, -0.15) is 26.3 Å². The van der Waals surface area contributed by atoms with Crippen LogP contribution in [0.15, 0.2) is 42.7 Å². The molecule has 220 valence electrons. The van der Waals surface area contributed by atoms with Gasteiger partial charge in [-0.05, 0) is 43.0 Å². The summed E-state index contributed by atoms with van der Waals surface area (Å²) in [4.78, 5) is 30.0. The van der Waals surface area contributed by atoms with Gasteiger partial charge in [-0.25, -0.2) is 14.8 Å². The number of pyridine rings is 2. The van der Waals surface area contributed by atoms with Gasteiger partial charge in [0.2, 0.25) is 0 Å². The summed E-state index contributed by atoms with van der Waals surface area (Å²) in [5.41, 5.74) is 2.65. The molecule has 0 radical (unpaired) electrons. The highest BCUT2D eigenvalue weighted by Crippen LogP contribution is 2.32. The van der Waals surface area contributed by atoms with Gasteiger partial charge in [0, 0.05) is 37.1 Å². The maximum absolute atomic E-state index is 13.0. The van der Waals surface area contributed by atoms with Crippen LogP contribution in [0.2, 0.25) is 0 Å². The predicted molar refractivity (Wildman–Crippen MR) is 132 cm³/mol. The molecule has 0 atom stereocenters. The van der Waals surface area contributed by atoms with Gasteiger partial charge in [0.25, 0.3) is 5.91 Å². The lowest BCUT2D eigenvalue weighted by Gasteiger charge is -2.19. The molecule has 5 heterocycles. The summed E-state index contributed by atoms with van der Waals surface area (Å²) >= 11 is 0. The van der Waals surface area contributed by atoms with Crippen molar-refractivity contribution in [2.24, 2.45) is 0 Å². The number of halogens is 6. The minimum Gasteiger partial charge on any atom is -0.475 e. The van der Waals surface area contributed by atoms with Crippen LogP contribution in [0.3, 0.4) is 0 Å². The van der Waals surface area contributed by atoms with E-state index in [0.717, 1.165) is 41.4 Å². The first kappa shape index (κ1) is 30.0. The number of aliphatic carboxylic acids is 1. The molecule has 0 unspecified atom stereocenters. The quantitative estimate of drug-likeness (QED) is 0.397. The molecule has 1 amide bonds. The van der Waals surface area contributed by atoms with Crippen LogP contribution in [-0.2, 0) is 20.4 Å². The average Bonchev–Trinajstić information content (AvgIpc) is 3.37. The molecule has 15 heteroatoms. The van der Waals surface area contributed by atoms with E-state index in [1.54, 1.807) is 12.3 Å². The van der Waals surface area contributed by atoms with E-state index < -0.39 is 29.9 Å². The van der Waals surface area contributed by atoms with Gasteiger partial charge >= 0.3 is 18.3 Å². The molecule has 0 bridgehead atoms. The molecule has 2 aliphatic heterocycles. The molecule has 2 N–H and O–H groups in total. The highest BCUT2D eigenvalue weighted by Gasteiger charge is 2.38. The SMILES string of the molecule is O=C(Nc1cc(C2=CCOCC2)c2nc(C3CCOCC3)cn2c1)c1cccc(C(F)(F)F)n1.O=C(O)C(F)(F)F. The van der Waals surface area contributed by atoms with Crippen LogP contribution in [0.1, 0.15) is 52.6 Å². The van der Waals surface area contributed by atoms with E-state index in [0.29, 0.717) is 38.5 Å². The summed E-state index contributed by atoms with van der Waals surface area (Å²) < 4.78 is 83.6. The van der Waals surface area contributed by atoms with E-state index in [2.05, 4.69) is 10.3 Å². The number of aromatic nitrogens is 3. The second-order valence-electron chi connectivity index (χ2n) is 9.14. The summed E-state index contributed by atoms with van der Waals surface area (Å²) in [6.07, 6.45) is -1.58. The molecule has 2 aliphatic rings. The molecule has 0 aliphatic carbocycles. The van der Waals surface area contributed by atoms with Crippen LogP contribution < -0.4 is 5.32 Å². The molecule has 3 aromatic heterocycles. The number of nitrogens with zero attached hydrogens (tertiary/aromatic N) is 3. The lowest BCUT2D eigenvalue weighted by molar-refractivity contribution is -0.192. The third kappa shape index (κ3) is 7.61. The number of carboxylic acid groups (broad SMARTS) is 1. The molecule has 3 aromatic rings. The molecule has 9 nitrogen and oxygen atoms in total. The summed E-state index contributed by atoms with van der Waals surface area (Å²) in [5.74, 6) is -3.19. The summed E-state index contributed by atoms with van der Waals surface area (Å²) in [6.45, 7) is 2.45. The third-order valence-corrected chi connectivity index (χ3v) is 6.29. The Labute approximate surface area is 228 Å². The zero-order valence-electron chi connectivity index (χ0n) is 21.3. The Kier molecular flexibility index (Phi) is 8.97. The molecule has 5 rings (SSSR count). The second kappa shape index (κ2) is 12.3. The topological polar surface area (TPSA) is 115 Å². The van der Waals surface area contributed by atoms with Gasteiger partial charge in [-0.1, -0.05) is 12.1 Å². The van der Waals surface area contributed by atoms with Crippen LogP contribution in [0, 0.1) is 0 Å². The fourth-order valence-corrected chi connectivity index (χ4v) is 4.30. The highest BCUT2D eigenvalue weighted by atomic mass is 19.4. The van der Waals surface area contributed by atoms with Crippen LogP contribution in [0.4, 0.5) is 32.0 Å². The van der Waals surface area contributed by atoms with Gasteiger partial charge in [-0.3, -0.25) is 4.79 Å². The number of hydrogen-bond donors (Lipinski definition) is 2. The van der Waals surface area contributed by atoms with Gasteiger partial charge in [0.1, 0.15) is 17.0 Å². The van der Waals surface area contributed by atoms with Crippen molar-refractivity contribution in [1.82, 2.24) is 14.4 Å². The number of fused-ring (bicyclic) bond motifs is 1. The highest BCUT2D eigenvalue weighted by molar-refractivity contribution is 6.03. The fraction of sp³-hybridized carbons (Fsp3) is 0.385. The van der Waals surface area contributed by atoms with Crippen LogP contribution >= 0.6 is 0 Å². The number of imidazole rings is 1. The van der Waals surface area contributed by atoms with Crippen molar-refractivity contribution < 1.29 is 50.5 Å². The van der Waals surface area contributed by atoms with Crippen molar-refractivity contribution in [3.05, 3.63) is 65.4 Å². The molecule has 1 fully saturated rings. The smallest absolute Gasteiger partial charge is 0.475 e. The number of rotatable bonds is 4. The first-order valence-electron chi connectivity index (χ1n) is 12.4. The number of nitrogens with one attached hydrogen (secondary N) is 1. The molecule has 0 aromatic carbocycles. The lowest BCUT2D eigenvalue weighted by atomic mass is 9.97. The van der Waals surface area contributed by atoms with Gasteiger partial charge < -0.3 is 24.3 Å². The molecular formula is C26H24F6N4O5. The van der Waals surface area contributed by atoms with E-state index in [1.165, 1.54) is 12.1 Å².